The van der Waals surface area contributed by atoms with Gasteiger partial charge in [-0.2, -0.15) is 5.26 Å². The Balaban J connectivity index is 2.16. The number of benzene rings is 1. The Morgan fingerprint density at radius 1 is 1.33 bits per heavy atom. The molecule has 1 heterocycles. The summed E-state index contributed by atoms with van der Waals surface area (Å²) in [6, 6.07) is 10.2. The van der Waals surface area contributed by atoms with E-state index in [0.29, 0.717) is 11.3 Å². The Hall–Kier alpha value is -3.07. The van der Waals surface area contributed by atoms with Crippen LogP contribution in [0, 0.1) is 18.3 Å². The molecule has 1 amide bonds. The molecule has 0 aliphatic rings. The van der Waals surface area contributed by atoms with Crippen molar-refractivity contribution in [2.24, 2.45) is 0 Å². The molecule has 0 saturated heterocycles. The van der Waals surface area contributed by atoms with Crippen LogP contribution in [0.5, 0.6) is 0 Å². The van der Waals surface area contributed by atoms with E-state index in [-0.39, 0.29) is 12.2 Å². The molecule has 1 aromatic carbocycles. The number of aromatic nitrogens is 1. The summed E-state index contributed by atoms with van der Waals surface area (Å²) in [7, 11) is 0. The number of aromatic carboxylic acids is 1. The zero-order chi connectivity index (χ0) is 15.4. The number of carboxylic acid groups (broad SMARTS) is 1. The molecule has 2 rings (SSSR count). The number of anilines is 1. The molecule has 0 aliphatic carbocycles. The fraction of sp³-hybridized carbons (Fsp3) is 0.133. The van der Waals surface area contributed by atoms with E-state index in [0.717, 1.165) is 5.56 Å². The van der Waals surface area contributed by atoms with Crippen molar-refractivity contribution < 1.29 is 14.7 Å². The summed E-state index contributed by atoms with van der Waals surface area (Å²) >= 11 is 0. The lowest BCUT2D eigenvalue weighted by Crippen LogP contribution is -2.21. The molecule has 1 aromatic heterocycles. The van der Waals surface area contributed by atoms with Crippen LogP contribution in [0.25, 0.3) is 0 Å². The van der Waals surface area contributed by atoms with Crippen molar-refractivity contribution >= 4 is 17.6 Å². The first-order valence-corrected chi connectivity index (χ1v) is 6.21. The number of rotatable bonds is 4. The Bertz CT molecular complexity index is 741. The van der Waals surface area contributed by atoms with E-state index in [9.17, 15) is 9.59 Å². The maximum Gasteiger partial charge on any atom is 0.352 e. The van der Waals surface area contributed by atoms with Gasteiger partial charge in [-0.15, -0.1) is 0 Å². The van der Waals surface area contributed by atoms with E-state index in [1.54, 1.807) is 31.2 Å². The molecular weight excluding hydrogens is 270 g/mol. The van der Waals surface area contributed by atoms with Crippen LogP contribution >= 0.6 is 0 Å². The zero-order valence-corrected chi connectivity index (χ0v) is 11.3. The lowest BCUT2D eigenvalue weighted by molar-refractivity contribution is -0.116. The van der Waals surface area contributed by atoms with Gasteiger partial charge in [-0.1, -0.05) is 12.1 Å². The number of nitrogens with one attached hydrogen (secondary N) is 1. The number of aryl methyl sites for hydroxylation is 1. The number of amides is 1. The van der Waals surface area contributed by atoms with Gasteiger partial charge in [0.1, 0.15) is 18.3 Å². The van der Waals surface area contributed by atoms with Crippen molar-refractivity contribution in [3.05, 3.63) is 53.3 Å². The van der Waals surface area contributed by atoms with Crippen LogP contribution in [0.1, 0.15) is 21.6 Å². The Morgan fingerprint density at radius 2 is 2.10 bits per heavy atom. The second-order valence-electron chi connectivity index (χ2n) is 4.48. The van der Waals surface area contributed by atoms with Gasteiger partial charge in [-0.05, 0) is 30.7 Å². The number of nitrogens with zero attached hydrogens (tertiary/aromatic N) is 2. The van der Waals surface area contributed by atoms with Gasteiger partial charge in [-0.25, -0.2) is 4.79 Å². The number of hydrogen-bond donors (Lipinski definition) is 2. The summed E-state index contributed by atoms with van der Waals surface area (Å²) in [6.45, 7) is 1.65. The van der Waals surface area contributed by atoms with Crippen LogP contribution in [0.4, 0.5) is 5.69 Å². The summed E-state index contributed by atoms with van der Waals surface area (Å²) < 4.78 is 1.33. The highest BCUT2D eigenvalue weighted by atomic mass is 16.4. The number of hydrogen-bond acceptors (Lipinski definition) is 3. The first kappa shape index (κ1) is 14.3. The summed E-state index contributed by atoms with van der Waals surface area (Å²) in [4.78, 5) is 23.0. The molecule has 0 aliphatic heterocycles. The van der Waals surface area contributed by atoms with Crippen molar-refractivity contribution in [3.63, 3.8) is 0 Å². The number of carbonyl (C=O) groups excluding carboxylic acids is 1. The van der Waals surface area contributed by atoms with Crippen molar-refractivity contribution in [1.82, 2.24) is 4.57 Å². The van der Waals surface area contributed by atoms with Crippen molar-refractivity contribution in [2.75, 3.05) is 5.32 Å². The highest BCUT2D eigenvalue weighted by Crippen LogP contribution is 2.18. The van der Waals surface area contributed by atoms with E-state index >= 15 is 0 Å². The normalized spacial score (nSPS) is 9.90. The molecule has 0 spiro atoms. The van der Waals surface area contributed by atoms with Gasteiger partial charge in [0.05, 0.1) is 11.3 Å². The predicted octanol–water partition coefficient (Wildman–Crippen LogP) is 2.01. The standard InChI is InChI=1S/C15H13N3O3/c1-10-4-2-5-12(11(10)8-16)17-14(19)9-18-7-3-6-13(18)15(20)21/h2-7H,9H2,1H3,(H,17,19)(H,20,21). The SMILES string of the molecule is Cc1cccc(NC(=O)Cn2cccc2C(=O)O)c1C#N. The number of nitriles is 1. The van der Waals surface area contributed by atoms with E-state index in [2.05, 4.69) is 5.32 Å². The van der Waals surface area contributed by atoms with E-state index in [1.807, 2.05) is 6.07 Å². The average Bonchev–Trinajstić information content (AvgIpc) is 2.87. The second kappa shape index (κ2) is 5.92. The molecule has 0 bridgehead atoms. The maximum atomic E-state index is 12.0. The molecule has 2 aromatic rings. The van der Waals surface area contributed by atoms with Crippen molar-refractivity contribution in [2.45, 2.75) is 13.5 Å². The van der Waals surface area contributed by atoms with E-state index in [4.69, 9.17) is 10.4 Å². The minimum atomic E-state index is -1.10. The van der Waals surface area contributed by atoms with Crippen LogP contribution in [-0.4, -0.2) is 21.6 Å². The molecule has 21 heavy (non-hydrogen) atoms. The summed E-state index contributed by atoms with van der Waals surface area (Å²) in [5.41, 5.74) is 1.63. The molecule has 2 N–H and O–H groups in total. The fourth-order valence-corrected chi connectivity index (χ4v) is 2.01. The van der Waals surface area contributed by atoms with Gasteiger partial charge in [0.15, 0.2) is 0 Å². The second-order valence-corrected chi connectivity index (χ2v) is 4.48. The van der Waals surface area contributed by atoms with Gasteiger partial charge in [0.2, 0.25) is 5.91 Å². The third-order valence-corrected chi connectivity index (χ3v) is 3.02. The Morgan fingerprint density at radius 3 is 2.76 bits per heavy atom. The molecule has 6 heteroatoms. The Labute approximate surface area is 121 Å². The van der Waals surface area contributed by atoms with Crippen LogP contribution < -0.4 is 5.32 Å². The van der Waals surface area contributed by atoms with Gasteiger partial charge >= 0.3 is 5.97 Å². The molecule has 0 fully saturated rings. The molecule has 106 valence electrons. The number of carboxylic acids is 1. The molecule has 0 atom stereocenters. The quantitative estimate of drug-likeness (QED) is 0.897. The molecule has 0 radical (unpaired) electrons. The fourth-order valence-electron chi connectivity index (χ4n) is 2.01. The maximum absolute atomic E-state index is 12.0. The minimum absolute atomic E-state index is 0.0369. The molecule has 6 nitrogen and oxygen atoms in total. The molecule has 0 unspecified atom stereocenters. The number of carbonyl (C=O) groups is 2. The van der Waals surface area contributed by atoms with Gasteiger partial charge in [0, 0.05) is 6.20 Å². The summed E-state index contributed by atoms with van der Waals surface area (Å²) in [6.07, 6.45) is 1.52. The third kappa shape index (κ3) is 3.09. The van der Waals surface area contributed by atoms with Crippen LogP contribution in [0.3, 0.4) is 0 Å². The lowest BCUT2D eigenvalue weighted by atomic mass is 10.1. The van der Waals surface area contributed by atoms with Gasteiger partial charge < -0.3 is 15.0 Å². The third-order valence-electron chi connectivity index (χ3n) is 3.02. The largest absolute Gasteiger partial charge is 0.477 e. The van der Waals surface area contributed by atoms with Crippen LogP contribution in [-0.2, 0) is 11.3 Å². The van der Waals surface area contributed by atoms with E-state index in [1.165, 1.54) is 16.8 Å². The van der Waals surface area contributed by atoms with Crippen molar-refractivity contribution in [3.8, 4) is 6.07 Å². The molecule has 0 saturated carbocycles. The van der Waals surface area contributed by atoms with Gasteiger partial charge in [-0.3, -0.25) is 4.79 Å². The smallest absolute Gasteiger partial charge is 0.352 e. The van der Waals surface area contributed by atoms with Gasteiger partial charge in [0.25, 0.3) is 0 Å². The first-order valence-electron chi connectivity index (χ1n) is 6.21. The summed E-state index contributed by atoms with van der Waals surface area (Å²) in [5, 5.41) is 20.7. The van der Waals surface area contributed by atoms with E-state index < -0.39 is 11.9 Å². The highest BCUT2D eigenvalue weighted by molar-refractivity contribution is 5.93. The van der Waals surface area contributed by atoms with Crippen molar-refractivity contribution in [1.29, 1.82) is 5.26 Å². The van der Waals surface area contributed by atoms with Crippen LogP contribution in [0.2, 0.25) is 0 Å². The monoisotopic (exact) mass is 283 g/mol. The minimum Gasteiger partial charge on any atom is -0.477 e. The Kier molecular flexibility index (Phi) is 4.05. The highest BCUT2D eigenvalue weighted by Gasteiger charge is 2.13. The average molecular weight is 283 g/mol. The van der Waals surface area contributed by atoms with Crippen LogP contribution in [0.15, 0.2) is 36.5 Å². The zero-order valence-electron chi connectivity index (χ0n) is 11.3. The first-order chi connectivity index (χ1) is 10.0. The lowest BCUT2D eigenvalue weighted by Gasteiger charge is -2.10. The topological polar surface area (TPSA) is 95.1 Å². The molecular formula is C15H13N3O3. The predicted molar refractivity (Wildman–Crippen MR) is 75.9 cm³/mol. The summed E-state index contributed by atoms with van der Waals surface area (Å²) in [5.74, 6) is -1.49.